The van der Waals surface area contributed by atoms with Crippen molar-refractivity contribution in [2.75, 3.05) is 37.8 Å². The number of carboxylic acids is 1. The number of rotatable bonds is 7. The molecule has 1 saturated carbocycles. The number of nitrogens with zero attached hydrogens (tertiary/aromatic N) is 1. The molecule has 2 aromatic rings. The second kappa shape index (κ2) is 11.5. The molecule has 6 nitrogen and oxygen atoms in total. The average molecular weight is 568 g/mol. The van der Waals surface area contributed by atoms with Crippen molar-refractivity contribution in [1.82, 2.24) is 0 Å². The van der Waals surface area contributed by atoms with E-state index >= 15 is 0 Å². The molecular weight excluding hydrogens is 526 g/mol. The molecule has 2 heterocycles. The Morgan fingerprint density at radius 2 is 2.10 bits per heavy atom. The summed E-state index contributed by atoms with van der Waals surface area (Å²) in [7, 11) is 0. The largest absolute Gasteiger partial charge is 0.490 e. The molecule has 1 saturated heterocycles. The molecule has 4 aliphatic rings. The zero-order chi connectivity index (χ0) is 27.9. The fraction of sp³-hybridized carbons (Fsp3) is 0.606. The zero-order valence-corrected chi connectivity index (χ0v) is 24.5. The molecule has 2 aliphatic carbocycles. The van der Waals surface area contributed by atoms with Gasteiger partial charge in [-0.15, -0.1) is 0 Å². The van der Waals surface area contributed by atoms with Crippen LogP contribution in [0.25, 0.3) is 0 Å². The maximum Gasteiger partial charge on any atom is 0.335 e. The normalized spacial score (nSPS) is 31.5. The Kier molecular flexibility index (Phi) is 8.04. The highest BCUT2D eigenvalue weighted by Crippen LogP contribution is 2.47. The molecule has 7 heteroatoms. The number of carbonyl (C=O) groups is 1. The van der Waals surface area contributed by atoms with Crippen LogP contribution >= 0.6 is 11.6 Å². The lowest BCUT2D eigenvalue weighted by atomic mass is 9.67. The maximum atomic E-state index is 12.0. The lowest BCUT2D eigenvalue weighted by Crippen LogP contribution is -2.51. The summed E-state index contributed by atoms with van der Waals surface area (Å²) in [5, 5.41) is 10.6. The molecular formula is C33H42ClNO5. The van der Waals surface area contributed by atoms with Crippen LogP contribution in [0.2, 0.25) is 5.02 Å². The van der Waals surface area contributed by atoms with E-state index < -0.39 is 5.97 Å². The monoisotopic (exact) mass is 567 g/mol. The summed E-state index contributed by atoms with van der Waals surface area (Å²) in [6.07, 6.45) is 7.95. The van der Waals surface area contributed by atoms with Gasteiger partial charge >= 0.3 is 5.97 Å². The third-order valence-electron chi connectivity index (χ3n) is 9.90. The van der Waals surface area contributed by atoms with Crippen LogP contribution < -0.4 is 9.64 Å². The van der Waals surface area contributed by atoms with Crippen molar-refractivity contribution >= 4 is 23.3 Å². The molecule has 0 amide bonds. The van der Waals surface area contributed by atoms with Gasteiger partial charge in [-0.05, 0) is 91.8 Å². The van der Waals surface area contributed by atoms with E-state index in [0.717, 1.165) is 81.3 Å². The minimum atomic E-state index is -0.913. The minimum Gasteiger partial charge on any atom is -0.490 e. The van der Waals surface area contributed by atoms with Crippen LogP contribution in [-0.4, -0.2) is 56.2 Å². The maximum absolute atomic E-state index is 12.0. The van der Waals surface area contributed by atoms with E-state index in [2.05, 4.69) is 30.9 Å². The fourth-order valence-corrected chi connectivity index (χ4v) is 7.75. The topological polar surface area (TPSA) is 68.2 Å². The molecule has 6 rings (SSSR count). The Morgan fingerprint density at radius 3 is 2.88 bits per heavy atom. The summed E-state index contributed by atoms with van der Waals surface area (Å²) < 4.78 is 19.2. The van der Waals surface area contributed by atoms with Gasteiger partial charge in [-0.2, -0.15) is 0 Å². The van der Waals surface area contributed by atoms with E-state index in [-0.39, 0.29) is 17.6 Å². The van der Waals surface area contributed by atoms with Crippen LogP contribution in [0.15, 0.2) is 36.4 Å². The van der Waals surface area contributed by atoms with Crippen LogP contribution in [0.4, 0.5) is 5.69 Å². The molecule has 0 unspecified atom stereocenters. The van der Waals surface area contributed by atoms with E-state index in [1.165, 1.54) is 17.5 Å². The number of anilines is 1. The van der Waals surface area contributed by atoms with E-state index in [0.29, 0.717) is 29.9 Å². The van der Waals surface area contributed by atoms with Gasteiger partial charge < -0.3 is 24.2 Å². The molecule has 216 valence electrons. The Hall–Kier alpha value is -2.28. The zero-order valence-electron chi connectivity index (χ0n) is 23.7. The van der Waals surface area contributed by atoms with Gasteiger partial charge in [-0.1, -0.05) is 31.5 Å². The van der Waals surface area contributed by atoms with Crippen molar-refractivity contribution in [3.63, 3.8) is 0 Å². The smallest absolute Gasteiger partial charge is 0.335 e. The number of halogens is 1. The Morgan fingerprint density at radius 1 is 1.23 bits per heavy atom. The highest BCUT2D eigenvalue weighted by molar-refractivity contribution is 6.30. The van der Waals surface area contributed by atoms with Gasteiger partial charge in [-0.25, -0.2) is 4.79 Å². The van der Waals surface area contributed by atoms with Gasteiger partial charge in [0, 0.05) is 42.5 Å². The second-order valence-electron chi connectivity index (χ2n) is 12.6. The van der Waals surface area contributed by atoms with Crippen LogP contribution in [0.5, 0.6) is 5.75 Å². The molecule has 6 atom stereocenters. The number of carboxylic acid groups (broad SMARTS) is 1. The van der Waals surface area contributed by atoms with Gasteiger partial charge in [0.2, 0.25) is 0 Å². The number of hydrogen-bond acceptors (Lipinski definition) is 5. The molecule has 0 aromatic heterocycles. The highest BCUT2D eigenvalue weighted by atomic mass is 35.5. The van der Waals surface area contributed by atoms with E-state index in [9.17, 15) is 9.90 Å². The number of aryl methyl sites for hydroxylation is 1. The molecule has 40 heavy (non-hydrogen) atoms. The van der Waals surface area contributed by atoms with Gasteiger partial charge in [0.05, 0.1) is 36.7 Å². The highest BCUT2D eigenvalue weighted by Gasteiger charge is 2.46. The van der Waals surface area contributed by atoms with Crippen LogP contribution in [0, 0.1) is 17.8 Å². The molecule has 2 aromatic carbocycles. The molecule has 2 aliphatic heterocycles. The molecule has 1 spiro atoms. The van der Waals surface area contributed by atoms with Gasteiger partial charge in [0.15, 0.2) is 0 Å². The summed E-state index contributed by atoms with van der Waals surface area (Å²) in [4.78, 5) is 14.4. The van der Waals surface area contributed by atoms with E-state index in [1.54, 1.807) is 6.07 Å². The van der Waals surface area contributed by atoms with Crippen LogP contribution in [0.1, 0.15) is 73.9 Å². The third kappa shape index (κ3) is 5.35. The Bertz CT molecular complexity index is 1240. The van der Waals surface area contributed by atoms with Crippen molar-refractivity contribution in [3.8, 4) is 5.75 Å². The molecule has 0 bridgehead atoms. The number of hydrogen-bond donors (Lipinski definition) is 1. The first-order valence-corrected chi connectivity index (χ1v) is 15.5. The predicted octanol–water partition coefficient (Wildman–Crippen LogP) is 6.76. The average Bonchev–Trinajstić information content (AvgIpc) is 3.08. The lowest BCUT2D eigenvalue weighted by Gasteiger charge is -2.48. The summed E-state index contributed by atoms with van der Waals surface area (Å²) >= 11 is 6.40. The molecule has 0 radical (unpaired) electrons. The first-order valence-electron chi connectivity index (χ1n) is 15.1. The third-order valence-corrected chi connectivity index (χ3v) is 10.1. The minimum absolute atomic E-state index is 0.171. The number of benzene rings is 2. The summed E-state index contributed by atoms with van der Waals surface area (Å²) in [6.45, 7) is 8.20. The van der Waals surface area contributed by atoms with Gasteiger partial charge in [0.1, 0.15) is 5.75 Å². The molecule has 1 N–H and O–H groups in total. The summed E-state index contributed by atoms with van der Waals surface area (Å²) in [5.41, 5.74) is 3.65. The predicted molar refractivity (Wildman–Crippen MR) is 157 cm³/mol. The number of ether oxygens (including phenoxy) is 3. The summed E-state index contributed by atoms with van der Waals surface area (Å²) in [5.74, 6) is 1.25. The van der Waals surface area contributed by atoms with Crippen molar-refractivity contribution in [1.29, 1.82) is 0 Å². The standard InChI is InChI=1S/C33H42ClNO5/c1-3-13-38-30-16-31(39-18-21(30)2)26-9-6-24(26)17-35-19-33(12-4-5-22-14-25(34)8-10-27(22)33)20-40-29-11-7-23(32(36)37)15-28(29)35/h7-8,10-11,14-15,21,24,26,30-31H,3-6,9,12-13,16-20H2,1-2H3,(H,36,37)/t21-,24+,26-,30+,31-,33+/m1/s1. The number of fused-ring (bicyclic) bond motifs is 3. The molecule has 2 fully saturated rings. The van der Waals surface area contributed by atoms with Gasteiger partial charge in [0.25, 0.3) is 0 Å². The van der Waals surface area contributed by atoms with Crippen LogP contribution in [0.3, 0.4) is 0 Å². The Balaban J connectivity index is 1.29. The SMILES string of the molecule is CCCO[C@H]1C[C@H]([C@@H]2CC[C@H]2CN2C[C@@]3(CCCc4cc(Cl)ccc43)COc3ccc(C(=O)O)cc32)OC[C@H]1C. The summed E-state index contributed by atoms with van der Waals surface area (Å²) in [6, 6.07) is 11.6. The first-order chi connectivity index (χ1) is 19.4. The lowest BCUT2D eigenvalue weighted by molar-refractivity contribution is -0.141. The van der Waals surface area contributed by atoms with Crippen molar-refractivity contribution < 1.29 is 24.1 Å². The first kappa shape index (κ1) is 27.9. The second-order valence-corrected chi connectivity index (χ2v) is 13.0. The quantitative estimate of drug-likeness (QED) is 0.399. The van der Waals surface area contributed by atoms with Crippen molar-refractivity contribution in [2.24, 2.45) is 17.8 Å². The van der Waals surface area contributed by atoms with E-state index in [1.807, 2.05) is 18.2 Å². The van der Waals surface area contributed by atoms with E-state index in [4.69, 9.17) is 25.8 Å². The fourth-order valence-electron chi connectivity index (χ4n) is 7.55. The number of aromatic carboxylic acids is 1. The Labute approximate surface area is 242 Å². The van der Waals surface area contributed by atoms with Crippen LogP contribution in [-0.2, 0) is 21.3 Å². The van der Waals surface area contributed by atoms with Gasteiger partial charge in [-0.3, -0.25) is 0 Å². The van der Waals surface area contributed by atoms with Crippen molar-refractivity contribution in [3.05, 3.63) is 58.1 Å². The van der Waals surface area contributed by atoms with Crippen molar-refractivity contribution in [2.45, 2.75) is 76.4 Å².